The third-order valence-corrected chi connectivity index (χ3v) is 8.75. The minimum absolute atomic E-state index is 0.0562. The molecule has 0 bridgehead atoms. The van der Waals surface area contributed by atoms with Gasteiger partial charge in [-0.15, -0.1) is 11.3 Å². The number of benzene rings is 3. The number of thiophene rings is 1. The number of anilines is 2. The van der Waals surface area contributed by atoms with Gasteiger partial charge in [0.15, 0.2) is 0 Å². The summed E-state index contributed by atoms with van der Waals surface area (Å²) < 4.78 is 0. The molecule has 1 heterocycles. The number of carboxylic acid groups (broad SMARTS) is 1. The van der Waals surface area contributed by atoms with Crippen LogP contribution in [-0.4, -0.2) is 36.1 Å². The molecular weight excluding hydrogens is 554 g/mol. The first-order chi connectivity index (χ1) is 20.8. The van der Waals surface area contributed by atoms with Crippen LogP contribution >= 0.6 is 11.3 Å². The quantitative estimate of drug-likeness (QED) is 0.130. The SMILES string of the molecule is CCC(CC)c1ccc(N(Cc2ccc(-c3csc(Cc4ccccc4NC(=O)CNCC(=O)O)c3)cc2)C(C)C)cc1. The average molecular weight is 598 g/mol. The molecule has 3 aromatic carbocycles. The summed E-state index contributed by atoms with van der Waals surface area (Å²) >= 11 is 1.71. The van der Waals surface area contributed by atoms with Gasteiger partial charge in [-0.05, 0) is 90.1 Å². The molecule has 0 spiro atoms. The maximum Gasteiger partial charge on any atom is 0.317 e. The number of carbonyl (C=O) groups excluding carboxylic acids is 1. The average Bonchev–Trinajstić information content (AvgIpc) is 3.46. The fourth-order valence-electron chi connectivity index (χ4n) is 5.36. The summed E-state index contributed by atoms with van der Waals surface area (Å²) in [5.74, 6) is -0.635. The Kier molecular flexibility index (Phi) is 11.5. The second-order valence-electron chi connectivity index (χ2n) is 11.2. The third-order valence-electron chi connectivity index (χ3n) is 7.82. The Bertz CT molecular complexity index is 1470. The minimum Gasteiger partial charge on any atom is -0.480 e. The largest absolute Gasteiger partial charge is 0.480 e. The van der Waals surface area contributed by atoms with Gasteiger partial charge in [0, 0.05) is 35.3 Å². The Balaban J connectivity index is 1.40. The first kappa shape index (κ1) is 32.0. The summed E-state index contributed by atoms with van der Waals surface area (Å²) in [7, 11) is 0. The summed E-state index contributed by atoms with van der Waals surface area (Å²) in [6.45, 7) is 9.56. The van der Waals surface area contributed by atoms with E-state index in [1.807, 2.05) is 24.3 Å². The molecule has 0 aliphatic rings. The van der Waals surface area contributed by atoms with Gasteiger partial charge < -0.3 is 15.3 Å². The molecule has 226 valence electrons. The van der Waals surface area contributed by atoms with Gasteiger partial charge in [0.25, 0.3) is 0 Å². The van der Waals surface area contributed by atoms with E-state index in [9.17, 15) is 9.59 Å². The molecule has 3 N–H and O–H groups in total. The number of hydrogen-bond acceptors (Lipinski definition) is 5. The highest BCUT2D eigenvalue weighted by Crippen LogP contribution is 2.31. The third kappa shape index (κ3) is 9.02. The fraction of sp³-hybridized carbons (Fsp3) is 0.333. The van der Waals surface area contributed by atoms with E-state index < -0.39 is 5.97 Å². The normalized spacial score (nSPS) is 11.2. The van der Waals surface area contributed by atoms with Crippen LogP contribution in [0.1, 0.15) is 68.0 Å². The second kappa shape index (κ2) is 15.5. The Labute approximate surface area is 259 Å². The topological polar surface area (TPSA) is 81.7 Å². The summed E-state index contributed by atoms with van der Waals surface area (Å²) in [5, 5.41) is 16.5. The Morgan fingerprint density at radius 1 is 0.884 bits per heavy atom. The molecule has 4 rings (SSSR count). The van der Waals surface area contributed by atoms with Gasteiger partial charge in [-0.25, -0.2) is 0 Å². The van der Waals surface area contributed by atoms with Crippen LogP contribution < -0.4 is 15.5 Å². The highest BCUT2D eigenvalue weighted by molar-refractivity contribution is 7.10. The van der Waals surface area contributed by atoms with E-state index in [0.29, 0.717) is 18.4 Å². The number of aliphatic carboxylic acids is 1. The van der Waals surface area contributed by atoms with E-state index in [0.717, 1.165) is 17.8 Å². The molecule has 0 fully saturated rings. The zero-order valence-electron chi connectivity index (χ0n) is 25.6. The van der Waals surface area contributed by atoms with E-state index in [4.69, 9.17) is 5.11 Å². The highest BCUT2D eigenvalue weighted by atomic mass is 32.1. The zero-order valence-corrected chi connectivity index (χ0v) is 26.4. The van der Waals surface area contributed by atoms with Gasteiger partial charge in [-0.1, -0.05) is 68.4 Å². The number of amides is 1. The number of rotatable bonds is 15. The van der Waals surface area contributed by atoms with Crippen LogP contribution in [0.5, 0.6) is 0 Å². The second-order valence-corrected chi connectivity index (χ2v) is 12.2. The monoisotopic (exact) mass is 597 g/mol. The van der Waals surface area contributed by atoms with Crippen molar-refractivity contribution in [3.05, 3.63) is 106 Å². The van der Waals surface area contributed by atoms with Gasteiger partial charge in [0.2, 0.25) is 5.91 Å². The fourth-order valence-corrected chi connectivity index (χ4v) is 6.27. The van der Waals surface area contributed by atoms with E-state index >= 15 is 0 Å². The van der Waals surface area contributed by atoms with Crippen molar-refractivity contribution in [2.75, 3.05) is 23.3 Å². The van der Waals surface area contributed by atoms with Crippen LogP contribution in [0.2, 0.25) is 0 Å². The molecule has 6 nitrogen and oxygen atoms in total. The Morgan fingerprint density at radius 2 is 1.58 bits per heavy atom. The van der Waals surface area contributed by atoms with Crippen molar-refractivity contribution in [2.45, 2.75) is 65.5 Å². The zero-order chi connectivity index (χ0) is 30.8. The number of hydrogen-bond donors (Lipinski definition) is 3. The molecule has 1 amide bonds. The van der Waals surface area contributed by atoms with Crippen molar-refractivity contribution in [3.8, 4) is 11.1 Å². The molecule has 4 aromatic rings. The summed E-state index contributed by atoms with van der Waals surface area (Å²) in [6.07, 6.45) is 3.03. The van der Waals surface area contributed by atoms with Crippen molar-refractivity contribution in [1.29, 1.82) is 0 Å². The van der Waals surface area contributed by atoms with Crippen molar-refractivity contribution in [2.24, 2.45) is 0 Å². The van der Waals surface area contributed by atoms with Gasteiger partial charge in [-0.3, -0.25) is 14.9 Å². The summed E-state index contributed by atoms with van der Waals surface area (Å²) in [6, 6.07) is 28.3. The molecule has 1 aromatic heterocycles. The number of nitrogens with zero attached hydrogens (tertiary/aromatic N) is 1. The van der Waals surface area contributed by atoms with E-state index in [1.165, 1.54) is 45.7 Å². The highest BCUT2D eigenvalue weighted by Gasteiger charge is 2.14. The number of para-hydroxylation sites is 1. The molecule has 0 unspecified atom stereocenters. The molecule has 0 aliphatic heterocycles. The van der Waals surface area contributed by atoms with E-state index in [1.54, 1.807) is 11.3 Å². The van der Waals surface area contributed by atoms with Crippen molar-refractivity contribution in [3.63, 3.8) is 0 Å². The minimum atomic E-state index is -0.994. The number of carbonyl (C=O) groups is 2. The van der Waals surface area contributed by atoms with Crippen LogP contribution in [0.15, 0.2) is 84.2 Å². The lowest BCUT2D eigenvalue weighted by molar-refractivity contribution is -0.135. The molecule has 7 heteroatoms. The van der Waals surface area contributed by atoms with E-state index in [-0.39, 0.29) is 19.0 Å². The molecular formula is C36H43N3O3S. The first-order valence-electron chi connectivity index (χ1n) is 15.1. The smallest absolute Gasteiger partial charge is 0.317 e. The van der Waals surface area contributed by atoms with Gasteiger partial charge >= 0.3 is 5.97 Å². The van der Waals surface area contributed by atoms with Gasteiger partial charge in [0.1, 0.15) is 0 Å². The molecule has 0 saturated carbocycles. The van der Waals surface area contributed by atoms with E-state index in [2.05, 4.69) is 103 Å². The van der Waals surface area contributed by atoms with Crippen LogP contribution in [0.25, 0.3) is 11.1 Å². The van der Waals surface area contributed by atoms with Crippen LogP contribution in [0.4, 0.5) is 11.4 Å². The predicted octanol–water partition coefficient (Wildman–Crippen LogP) is 7.94. The van der Waals surface area contributed by atoms with Crippen molar-refractivity contribution < 1.29 is 14.7 Å². The molecule has 0 aliphatic carbocycles. The lowest BCUT2D eigenvalue weighted by atomic mass is 9.94. The van der Waals surface area contributed by atoms with Crippen molar-refractivity contribution >= 4 is 34.6 Å². The van der Waals surface area contributed by atoms with Gasteiger partial charge in [0.05, 0.1) is 13.1 Å². The Morgan fingerprint density at radius 3 is 2.23 bits per heavy atom. The lowest BCUT2D eigenvalue weighted by Gasteiger charge is -2.30. The maximum atomic E-state index is 12.3. The lowest BCUT2D eigenvalue weighted by Crippen LogP contribution is -2.32. The number of nitrogens with one attached hydrogen (secondary N) is 2. The standard InChI is InChI=1S/C36H43N3O3S/c1-5-27(6-2)28-15-17-32(18-16-28)39(25(3)4)23-26-11-13-29(14-12-26)31-20-33(43-24-31)19-30-9-7-8-10-34(30)38-35(40)21-37-22-36(41)42/h7-18,20,24-25,27,37H,5-6,19,21-23H2,1-4H3,(H,38,40)(H,41,42). The Hall–Kier alpha value is -3.94. The molecule has 0 atom stereocenters. The van der Waals surface area contributed by atoms with Crippen molar-refractivity contribution in [1.82, 2.24) is 5.32 Å². The molecule has 0 radical (unpaired) electrons. The van der Waals surface area contributed by atoms with Crippen LogP contribution in [0, 0.1) is 0 Å². The first-order valence-corrected chi connectivity index (χ1v) is 16.0. The van der Waals surface area contributed by atoms with Crippen LogP contribution in [-0.2, 0) is 22.6 Å². The van der Waals surface area contributed by atoms with Crippen LogP contribution in [0.3, 0.4) is 0 Å². The summed E-state index contributed by atoms with van der Waals surface area (Å²) in [5.41, 5.74) is 8.08. The summed E-state index contributed by atoms with van der Waals surface area (Å²) in [4.78, 5) is 26.6. The maximum absolute atomic E-state index is 12.3. The van der Waals surface area contributed by atoms with Gasteiger partial charge in [-0.2, -0.15) is 0 Å². The molecule has 43 heavy (non-hydrogen) atoms. The number of carboxylic acids is 1. The predicted molar refractivity (Wildman–Crippen MR) is 179 cm³/mol. The molecule has 0 saturated heterocycles.